The smallest absolute Gasteiger partial charge is 0.119 e. The number of aryl methyl sites for hydroxylation is 1. The first-order valence-corrected chi connectivity index (χ1v) is 10.1. The van der Waals surface area contributed by atoms with E-state index in [0.29, 0.717) is 6.61 Å². The van der Waals surface area contributed by atoms with Crippen molar-refractivity contribution in [1.82, 2.24) is 0 Å². The SMILES string of the molecule is CCCC=CCOc1ccc(-c2ccc(CCCCCC)s2)cc1. The van der Waals surface area contributed by atoms with Gasteiger partial charge in [0, 0.05) is 9.75 Å². The fraction of sp³-hybridized carbons (Fsp3) is 0.455. The molecule has 2 heteroatoms. The van der Waals surface area contributed by atoms with Crippen LogP contribution in [0, 0.1) is 0 Å². The number of hydrogen-bond donors (Lipinski definition) is 0. The fourth-order valence-corrected chi connectivity index (χ4v) is 3.66. The second-order valence-corrected chi connectivity index (χ2v) is 7.34. The largest absolute Gasteiger partial charge is 0.490 e. The number of allylic oxidation sites excluding steroid dienone is 1. The molecule has 2 rings (SSSR count). The van der Waals surface area contributed by atoms with Crippen molar-refractivity contribution in [3.05, 3.63) is 53.4 Å². The summed E-state index contributed by atoms with van der Waals surface area (Å²) in [4.78, 5) is 2.86. The topological polar surface area (TPSA) is 9.23 Å². The van der Waals surface area contributed by atoms with Crippen molar-refractivity contribution in [3.63, 3.8) is 0 Å². The van der Waals surface area contributed by atoms with Crippen LogP contribution in [0.25, 0.3) is 10.4 Å². The maximum absolute atomic E-state index is 5.74. The van der Waals surface area contributed by atoms with Crippen LogP contribution in [0.3, 0.4) is 0 Å². The molecule has 0 aliphatic heterocycles. The zero-order valence-electron chi connectivity index (χ0n) is 15.1. The molecule has 1 nitrogen and oxygen atoms in total. The Morgan fingerprint density at radius 1 is 0.875 bits per heavy atom. The lowest BCUT2D eigenvalue weighted by Gasteiger charge is -2.04. The Balaban J connectivity index is 1.83. The van der Waals surface area contributed by atoms with Crippen LogP contribution in [0.1, 0.15) is 57.2 Å². The van der Waals surface area contributed by atoms with E-state index in [9.17, 15) is 0 Å². The maximum Gasteiger partial charge on any atom is 0.119 e. The lowest BCUT2D eigenvalue weighted by atomic mass is 10.1. The van der Waals surface area contributed by atoms with Gasteiger partial charge in [-0.1, -0.05) is 51.7 Å². The average Bonchev–Trinajstić information content (AvgIpc) is 3.08. The fourth-order valence-electron chi connectivity index (χ4n) is 2.61. The molecule has 2 aromatic rings. The van der Waals surface area contributed by atoms with Crippen molar-refractivity contribution in [2.45, 2.75) is 58.8 Å². The molecule has 0 saturated heterocycles. The first-order valence-electron chi connectivity index (χ1n) is 9.30. The molecule has 0 saturated carbocycles. The van der Waals surface area contributed by atoms with Gasteiger partial charge in [0.15, 0.2) is 0 Å². The minimum atomic E-state index is 0.653. The minimum absolute atomic E-state index is 0.653. The average molecular weight is 343 g/mol. The number of hydrogen-bond acceptors (Lipinski definition) is 2. The van der Waals surface area contributed by atoms with Crippen LogP contribution in [0.4, 0.5) is 0 Å². The van der Waals surface area contributed by atoms with Gasteiger partial charge in [-0.25, -0.2) is 0 Å². The number of ether oxygens (including phenoxy) is 1. The number of rotatable bonds is 11. The first kappa shape index (κ1) is 18.8. The van der Waals surface area contributed by atoms with Gasteiger partial charge < -0.3 is 4.74 Å². The van der Waals surface area contributed by atoms with Crippen molar-refractivity contribution in [1.29, 1.82) is 0 Å². The summed E-state index contributed by atoms with van der Waals surface area (Å²) in [6.07, 6.45) is 13.1. The molecule has 0 bridgehead atoms. The highest BCUT2D eigenvalue weighted by Gasteiger charge is 2.03. The van der Waals surface area contributed by atoms with Crippen molar-refractivity contribution < 1.29 is 4.74 Å². The molecule has 0 aliphatic rings. The lowest BCUT2D eigenvalue weighted by molar-refractivity contribution is 0.362. The standard InChI is InChI=1S/C22H30OS/c1-3-5-7-9-11-21-16-17-22(24-21)19-12-14-20(15-13-19)23-18-10-8-6-4-2/h8,10,12-17H,3-7,9,11,18H2,1-2H3. The number of unbranched alkanes of at least 4 members (excludes halogenated alkanes) is 4. The van der Waals surface area contributed by atoms with Crippen LogP contribution in [0.2, 0.25) is 0 Å². The van der Waals surface area contributed by atoms with E-state index in [0.717, 1.165) is 12.2 Å². The highest BCUT2D eigenvalue weighted by Crippen LogP contribution is 2.30. The molecule has 1 aromatic heterocycles. The van der Waals surface area contributed by atoms with E-state index < -0.39 is 0 Å². The highest BCUT2D eigenvalue weighted by atomic mass is 32.1. The molecule has 0 radical (unpaired) electrons. The molecule has 0 aliphatic carbocycles. The molecule has 0 atom stereocenters. The van der Waals surface area contributed by atoms with Gasteiger partial charge in [-0.2, -0.15) is 0 Å². The molecule has 0 unspecified atom stereocenters. The summed E-state index contributed by atoms with van der Waals surface area (Å²) in [5.74, 6) is 0.941. The Morgan fingerprint density at radius 2 is 1.71 bits per heavy atom. The summed E-state index contributed by atoms with van der Waals surface area (Å²) in [7, 11) is 0. The van der Waals surface area contributed by atoms with E-state index in [2.05, 4.69) is 62.4 Å². The molecular weight excluding hydrogens is 312 g/mol. The van der Waals surface area contributed by atoms with Crippen molar-refractivity contribution in [2.75, 3.05) is 6.61 Å². The third-order valence-corrected chi connectivity index (χ3v) is 5.24. The summed E-state index contributed by atoms with van der Waals surface area (Å²) in [5.41, 5.74) is 1.29. The Bertz CT molecular complexity index is 595. The Hall–Kier alpha value is -1.54. The molecule has 24 heavy (non-hydrogen) atoms. The normalized spacial score (nSPS) is 11.2. The van der Waals surface area contributed by atoms with Crippen LogP contribution in [-0.4, -0.2) is 6.61 Å². The molecular formula is C22H30OS. The van der Waals surface area contributed by atoms with Gasteiger partial charge in [-0.15, -0.1) is 11.3 Å². The van der Waals surface area contributed by atoms with E-state index >= 15 is 0 Å². The third-order valence-electron chi connectivity index (χ3n) is 4.05. The zero-order chi connectivity index (χ0) is 17.0. The van der Waals surface area contributed by atoms with Gasteiger partial charge >= 0.3 is 0 Å². The summed E-state index contributed by atoms with van der Waals surface area (Å²) < 4.78 is 5.74. The van der Waals surface area contributed by atoms with E-state index in [1.807, 2.05) is 11.3 Å². The summed E-state index contributed by atoms with van der Waals surface area (Å²) in [5, 5.41) is 0. The van der Waals surface area contributed by atoms with Gasteiger partial charge in [-0.3, -0.25) is 0 Å². The van der Waals surface area contributed by atoms with Crippen LogP contribution < -0.4 is 4.74 Å². The molecule has 1 heterocycles. The maximum atomic E-state index is 5.74. The van der Waals surface area contributed by atoms with Crippen LogP contribution >= 0.6 is 11.3 Å². The van der Waals surface area contributed by atoms with Crippen molar-refractivity contribution in [2.24, 2.45) is 0 Å². The molecule has 0 spiro atoms. The second kappa shape index (κ2) is 11.1. The Labute approximate surface area is 151 Å². The molecule has 0 N–H and O–H groups in total. The van der Waals surface area contributed by atoms with E-state index in [4.69, 9.17) is 4.74 Å². The number of benzene rings is 1. The summed E-state index contributed by atoms with van der Waals surface area (Å²) in [6.45, 7) is 5.10. The van der Waals surface area contributed by atoms with Gasteiger partial charge in [0.1, 0.15) is 12.4 Å². The Morgan fingerprint density at radius 3 is 2.46 bits per heavy atom. The molecule has 0 fully saturated rings. The predicted octanol–water partition coefficient (Wildman–Crippen LogP) is 7.27. The summed E-state index contributed by atoms with van der Waals surface area (Å²) >= 11 is 1.92. The number of thiophene rings is 1. The van der Waals surface area contributed by atoms with Gasteiger partial charge in [0.25, 0.3) is 0 Å². The predicted molar refractivity (Wildman–Crippen MR) is 107 cm³/mol. The molecule has 0 amide bonds. The second-order valence-electron chi connectivity index (χ2n) is 6.17. The Kier molecular flexibility index (Phi) is 8.69. The van der Waals surface area contributed by atoms with E-state index in [-0.39, 0.29) is 0 Å². The van der Waals surface area contributed by atoms with Gasteiger partial charge in [-0.05, 0) is 61.2 Å². The van der Waals surface area contributed by atoms with Crippen LogP contribution in [0.15, 0.2) is 48.6 Å². The van der Waals surface area contributed by atoms with Crippen molar-refractivity contribution >= 4 is 11.3 Å². The minimum Gasteiger partial charge on any atom is -0.490 e. The highest BCUT2D eigenvalue weighted by molar-refractivity contribution is 7.15. The first-order chi connectivity index (χ1) is 11.8. The molecule has 1 aromatic carbocycles. The van der Waals surface area contributed by atoms with E-state index in [1.165, 1.54) is 53.8 Å². The van der Waals surface area contributed by atoms with Gasteiger partial charge in [0.2, 0.25) is 0 Å². The zero-order valence-corrected chi connectivity index (χ0v) is 15.9. The van der Waals surface area contributed by atoms with E-state index in [1.54, 1.807) is 0 Å². The van der Waals surface area contributed by atoms with Gasteiger partial charge in [0.05, 0.1) is 0 Å². The summed E-state index contributed by atoms with van der Waals surface area (Å²) in [6, 6.07) is 13.0. The van der Waals surface area contributed by atoms with Crippen molar-refractivity contribution in [3.8, 4) is 16.2 Å². The third kappa shape index (κ3) is 6.52. The quantitative estimate of drug-likeness (QED) is 0.308. The van der Waals surface area contributed by atoms with Crippen LogP contribution in [-0.2, 0) is 6.42 Å². The lowest BCUT2D eigenvalue weighted by Crippen LogP contribution is -1.92. The van der Waals surface area contributed by atoms with Crippen LogP contribution in [0.5, 0.6) is 5.75 Å². The molecule has 130 valence electrons. The monoisotopic (exact) mass is 342 g/mol.